The number of nitrogen functional groups attached to an aromatic ring is 1. The Labute approximate surface area is 118 Å². The Bertz CT molecular complexity index is 714. The minimum Gasteiger partial charge on any atom is -0.464 e. The number of rotatable bonds is 3. The molecular formula is C12H11ClN4O3. The van der Waals surface area contributed by atoms with Crippen LogP contribution in [0.2, 0.25) is 5.02 Å². The average Bonchev–Trinajstić information content (AvgIpc) is 2.47. The van der Waals surface area contributed by atoms with E-state index in [0.29, 0.717) is 10.7 Å². The predicted octanol–water partition coefficient (Wildman–Crippen LogP) is 0.958. The maximum Gasteiger partial charge on any atom is 0.360 e. The average molecular weight is 295 g/mol. The van der Waals surface area contributed by atoms with E-state index in [0.717, 1.165) is 10.7 Å². The molecule has 0 fully saturated rings. The molecule has 0 spiro atoms. The first-order valence-corrected chi connectivity index (χ1v) is 5.90. The van der Waals surface area contributed by atoms with E-state index < -0.39 is 11.5 Å². The van der Waals surface area contributed by atoms with Crippen molar-refractivity contribution in [2.45, 2.75) is 0 Å². The summed E-state index contributed by atoms with van der Waals surface area (Å²) in [5, 5.41) is 4.27. The molecule has 0 unspecified atom stereocenters. The van der Waals surface area contributed by atoms with Gasteiger partial charge in [0.1, 0.15) is 0 Å². The van der Waals surface area contributed by atoms with Gasteiger partial charge in [-0.1, -0.05) is 23.7 Å². The van der Waals surface area contributed by atoms with E-state index in [1.165, 1.54) is 7.11 Å². The molecule has 2 aromatic rings. The van der Waals surface area contributed by atoms with Crippen molar-refractivity contribution in [3.05, 3.63) is 51.4 Å². The second-order valence-corrected chi connectivity index (χ2v) is 4.15. The van der Waals surface area contributed by atoms with Gasteiger partial charge in [0.25, 0.3) is 5.56 Å². The van der Waals surface area contributed by atoms with Crippen molar-refractivity contribution in [2.24, 2.45) is 5.84 Å². The zero-order valence-electron chi connectivity index (χ0n) is 10.5. The molecule has 0 amide bonds. The largest absolute Gasteiger partial charge is 0.464 e. The molecule has 1 aromatic carbocycles. The van der Waals surface area contributed by atoms with Crippen LogP contribution in [0.15, 0.2) is 35.1 Å². The summed E-state index contributed by atoms with van der Waals surface area (Å²) in [6.07, 6.45) is 0. The first-order valence-electron chi connectivity index (χ1n) is 5.52. The molecule has 3 N–H and O–H groups in total. The van der Waals surface area contributed by atoms with Crippen LogP contribution in [0.4, 0.5) is 5.69 Å². The fraction of sp³-hybridized carbons (Fsp3) is 0.0833. The van der Waals surface area contributed by atoms with E-state index in [-0.39, 0.29) is 11.4 Å². The quantitative estimate of drug-likeness (QED) is 0.497. The molecule has 0 aliphatic rings. The number of benzene rings is 1. The highest BCUT2D eigenvalue weighted by atomic mass is 35.5. The molecule has 2 rings (SSSR count). The molecule has 0 radical (unpaired) electrons. The third-order valence-electron chi connectivity index (χ3n) is 2.55. The number of carbonyl (C=O) groups excluding carboxylic acids is 1. The summed E-state index contributed by atoms with van der Waals surface area (Å²) >= 11 is 6.01. The zero-order chi connectivity index (χ0) is 14.7. The summed E-state index contributed by atoms with van der Waals surface area (Å²) < 4.78 is 5.60. The number of nitrogens with two attached hydrogens (primary N) is 1. The Kier molecular flexibility index (Phi) is 4.02. The Hall–Kier alpha value is -2.38. The maximum atomic E-state index is 12.0. The molecule has 0 bridgehead atoms. The van der Waals surface area contributed by atoms with E-state index in [9.17, 15) is 9.59 Å². The smallest absolute Gasteiger partial charge is 0.360 e. The van der Waals surface area contributed by atoms with Crippen LogP contribution in [-0.4, -0.2) is 22.9 Å². The van der Waals surface area contributed by atoms with Crippen LogP contribution in [-0.2, 0) is 4.74 Å². The van der Waals surface area contributed by atoms with E-state index in [4.69, 9.17) is 17.4 Å². The van der Waals surface area contributed by atoms with Gasteiger partial charge < -0.3 is 10.2 Å². The van der Waals surface area contributed by atoms with Crippen LogP contribution in [0.25, 0.3) is 5.69 Å². The lowest BCUT2D eigenvalue weighted by atomic mass is 10.3. The van der Waals surface area contributed by atoms with Gasteiger partial charge in [-0.15, -0.1) is 0 Å². The Balaban J connectivity index is 2.70. The first kappa shape index (κ1) is 14.0. The topological polar surface area (TPSA) is 99.2 Å². The summed E-state index contributed by atoms with van der Waals surface area (Å²) in [5.41, 5.74) is 2.06. The molecule has 20 heavy (non-hydrogen) atoms. The van der Waals surface area contributed by atoms with Gasteiger partial charge in [-0.05, 0) is 12.1 Å². The Morgan fingerprint density at radius 1 is 1.45 bits per heavy atom. The van der Waals surface area contributed by atoms with Gasteiger partial charge in [0, 0.05) is 6.07 Å². The van der Waals surface area contributed by atoms with Gasteiger partial charge >= 0.3 is 5.97 Å². The molecule has 1 heterocycles. The molecule has 104 valence electrons. The highest BCUT2D eigenvalue weighted by Gasteiger charge is 2.17. The van der Waals surface area contributed by atoms with Crippen molar-refractivity contribution >= 4 is 23.3 Å². The number of para-hydroxylation sites is 1. The number of ether oxygens (including phenoxy) is 1. The Morgan fingerprint density at radius 2 is 2.15 bits per heavy atom. The third-order valence-corrected chi connectivity index (χ3v) is 2.87. The molecule has 0 aliphatic heterocycles. The van der Waals surface area contributed by atoms with Crippen LogP contribution in [0.3, 0.4) is 0 Å². The molecule has 0 saturated carbocycles. The van der Waals surface area contributed by atoms with Gasteiger partial charge in [0.15, 0.2) is 5.69 Å². The first-order chi connectivity index (χ1) is 9.58. The number of nitrogens with one attached hydrogen (secondary N) is 1. The molecule has 1 aromatic heterocycles. The van der Waals surface area contributed by atoms with E-state index >= 15 is 0 Å². The lowest BCUT2D eigenvalue weighted by Gasteiger charge is -2.10. The maximum absolute atomic E-state index is 12.0. The number of anilines is 1. The molecule has 0 atom stereocenters. The highest BCUT2D eigenvalue weighted by molar-refractivity contribution is 6.32. The number of hydrogen-bond acceptors (Lipinski definition) is 6. The second kappa shape index (κ2) is 5.72. The number of hydrogen-bond donors (Lipinski definition) is 2. The van der Waals surface area contributed by atoms with Crippen LogP contribution in [0, 0.1) is 0 Å². The van der Waals surface area contributed by atoms with Crippen molar-refractivity contribution in [3.8, 4) is 5.69 Å². The molecule has 0 aliphatic carbocycles. The van der Waals surface area contributed by atoms with Crippen LogP contribution in [0.5, 0.6) is 0 Å². The van der Waals surface area contributed by atoms with E-state index in [2.05, 4.69) is 15.3 Å². The number of halogens is 1. The zero-order valence-corrected chi connectivity index (χ0v) is 11.2. The summed E-state index contributed by atoms with van der Waals surface area (Å²) in [7, 11) is 1.20. The summed E-state index contributed by atoms with van der Waals surface area (Å²) in [5.74, 6) is 4.54. The lowest BCUT2D eigenvalue weighted by molar-refractivity contribution is 0.0593. The van der Waals surface area contributed by atoms with Crippen molar-refractivity contribution in [2.75, 3.05) is 12.5 Å². The number of aromatic nitrogens is 2. The second-order valence-electron chi connectivity index (χ2n) is 3.74. The minimum atomic E-state index is -0.723. The Morgan fingerprint density at radius 3 is 2.75 bits per heavy atom. The fourth-order valence-electron chi connectivity index (χ4n) is 1.61. The van der Waals surface area contributed by atoms with Gasteiger partial charge in [-0.25, -0.2) is 4.79 Å². The van der Waals surface area contributed by atoms with Gasteiger partial charge in [-0.3, -0.25) is 10.6 Å². The van der Waals surface area contributed by atoms with Gasteiger partial charge in [0.05, 0.1) is 23.5 Å². The fourth-order valence-corrected chi connectivity index (χ4v) is 1.83. The molecule has 8 heteroatoms. The van der Waals surface area contributed by atoms with Crippen molar-refractivity contribution in [1.29, 1.82) is 0 Å². The normalized spacial score (nSPS) is 10.2. The van der Waals surface area contributed by atoms with E-state index in [1.54, 1.807) is 24.3 Å². The molecule has 7 nitrogen and oxygen atoms in total. The number of nitrogens with zero attached hydrogens (tertiary/aromatic N) is 2. The van der Waals surface area contributed by atoms with Crippen molar-refractivity contribution < 1.29 is 9.53 Å². The standard InChI is InChI=1S/C12H11ClN4O3/c1-20-12(19)11-8(15-14)6-10(18)17(16-11)9-5-3-2-4-7(9)13/h2-6,15H,14H2,1H3. The summed E-state index contributed by atoms with van der Waals surface area (Å²) in [6.45, 7) is 0. The van der Waals surface area contributed by atoms with Crippen LogP contribution in [0.1, 0.15) is 10.5 Å². The van der Waals surface area contributed by atoms with Crippen molar-refractivity contribution in [1.82, 2.24) is 9.78 Å². The summed E-state index contributed by atoms with van der Waals surface area (Å²) in [4.78, 5) is 23.7. The highest BCUT2D eigenvalue weighted by Crippen LogP contribution is 2.18. The number of carbonyl (C=O) groups is 1. The number of hydrazine groups is 1. The van der Waals surface area contributed by atoms with Gasteiger partial charge in [-0.2, -0.15) is 9.78 Å². The van der Waals surface area contributed by atoms with E-state index in [1.807, 2.05) is 0 Å². The number of methoxy groups -OCH3 is 1. The number of esters is 1. The lowest BCUT2D eigenvalue weighted by Crippen LogP contribution is -2.27. The van der Waals surface area contributed by atoms with Crippen LogP contribution < -0.4 is 16.8 Å². The SMILES string of the molecule is COC(=O)c1nn(-c2ccccc2Cl)c(=O)cc1NN. The van der Waals surface area contributed by atoms with Crippen molar-refractivity contribution in [3.63, 3.8) is 0 Å². The molecular weight excluding hydrogens is 284 g/mol. The minimum absolute atomic E-state index is 0.0742. The monoisotopic (exact) mass is 294 g/mol. The van der Waals surface area contributed by atoms with Gasteiger partial charge in [0.2, 0.25) is 0 Å². The summed E-state index contributed by atoms with van der Waals surface area (Å²) in [6, 6.07) is 7.77. The predicted molar refractivity (Wildman–Crippen MR) is 74.0 cm³/mol. The van der Waals surface area contributed by atoms with Crippen LogP contribution >= 0.6 is 11.6 Å². The molecule has 0 saturated heterocycles. The third kappa shape index (κ3) is 2.49.